The first-order chi connectivity index (χ1) is 7.08. The standard InChI is InChI=1S/C9H6BrClN2OS/c1-4-7(10)9(14)13-8(12-4)6-2-5(11)3-15-6/h2-3H,1H3,(H,12,13,14). The van der Waals surface area contributed by atoms with Gasteiger partial charge >= 0.3 is 0 Å². The Morgan fingerprint density at radius 1 is 1.60 bits per heavy atom. The maximum atomic E-state index is 11.5. The van der Waals surface area contributed by atoms with Crippen LogP contribution in [0.15, 0.2) is 20.7 Å². The minimum atomic E-state index is -0.179. The molecule has 0 aliphatic carbocycles. The zero-order valence-corrected chi connectivity index (χ0v) is 10.8. The van der Waals surface area contributed by atoms with Gasteiger partial charge in [0.2, 0.25) is 0 Å². The van der Waals surface area contributed by atoms with Gasteiger partial charge in [-0.1, -0.05) is 11.6 Å². The van der Waals surface area contributed by atoms with Crippen molar-refractivity contribution in [3.05, 3.63) is 37.0 Å². The number of hydrogen-bond donors (Lipinski definition) is 1. The minimum Gasteiger partial charge on any atom is -0.305 e. The molecule has 2 rings (SSSR count). The highest BCUT2D eigenvalue weighted by Gasteiger charge is 2.08. The molecule has 0 aliphatic rings. The Kier molecular flexibility index (Phi) is 2.95. The predicted molar refractivity (Wildman–Crippen MR) is 65.6 cm³/mol. The molecule has 0 atom stereocenters. The smallest absolute Gasteiger partial charge is 0.265 e. The van der Waals surface area contributed by atoms with E-state index in [2.05, 4.69) is 25.9 Å². The molecule has 2 aromatic rings. The maximum absolute atomic E-state index is 11.5. The van der Waals surface area contributed by atoms with Crippen molar-refractivity contribution in [3.63, 3.8) is 0 Å². The monoisotopic (exact) mass is 304 g/mol. The first kappa shape index (κ1) is 10.9. The fraction of sp³-hybridized carbons (Fsp3) is 0.111. The van der Waals surface area contributed by atoms with Gasteiger partial charge in [-0.3, -0.25) is 4.79 Å². The van der Waals surface area contributed by atoms with Crippen LogP contribution in [0.25, 0.3) is 10.7 Å². The van der Waals surface area contributed by atoms with Crippen LogP contribution in [0, 0.1) is 6.92 Å². The fourth-order valence-electron chi connectivity index (χ4n) is 1.13. The van der Waals surface area contributed by atoms with Gasteiger partial charge in [0.05, 0.1) is 15.6 Å². The Labute approximate surface area is 103 Å². The molecule has 78 valence electrons. The van der Waals surface area contributed by atoms with E-state index in [0.29, 0.717) is 21.0 Å². The number of nitrogens with zero attached hydrogens (tertiary/aromatic N) is 1. The summed E-state index contributed by atoms with van der Waals surface area (Å²) in [6.45, 7) is 1.78. The molecule has 0 unspecified atom stereocenters. The van der Waals surface area contributed by atoms with Crippen molar-refractivity contribution in [1.29, 1.82) is 0 Å². The number of H-pyrrole nitrogens is 1. The molecule has 1 N–H and O–H groups in total. The van der Waals surface area contributed by atoms with Crippen LogP contribution < -0.4 is 5.56 Å². The highest BCUT2D eigenvalue weighted by molar-refractivity contribution is 9.10. The van der Waals surface area contributed by atoms with Gasteiger partial charge < -0.3 is 4.98 Å². The van der Waals surface area contributed by atoms with Gasteiger partial charge in [0, 0.05) is 5.38 Å². The third kappa shape index (κ3) is 2.14. The summed E-state index contributed by atoms with van der Waals surface area (Å²) in [4.78, 5) is 19.3. The average Bonchev–Trinajstić information content (AvgIpc) is 2.60. The first-order valence-corrected chi connectivity index (χ1v) is 6.14. The van der Waals surface area contributed by atoms with Crippen LogP contribution in [-0.2, 0) is 0 Å². The van der Waals surface area contributed by atoms with Crippen LogP contribution in [0.5, 0.6) is 0 Å². The molecule has 15 heavy (non-hydrogen) atoms. The van der Waals surface area contributed by atoms with Crippen molar-refractivity contribution >= 4 is 38.9 Å². The molecule has 0 saturated heterocycles. The van der Waals surface area contributed by atoms with E-state index in [1.54, 1.807) is 18.4 Å². The number of halogens is 2. The summed E-state index contributed by atoms with van der Waals surface area (Å²) in [7, 11) is 0. The molecule has 0 amide bonds. The molecular weight excluding hydrogens is 300 g/mol. The molecular formula is C9H6BrClN2OS. The van der Waals surface area contributed by atoms with Crippen molar-refractivity contribution in [2.75, 3.05) is 0 Å². The summed E-state index contributed by atoms with van der Waals surface area (Å²) >= 11 is 10.4. The Hall–Kier alpha value is -0.650. The van der Waals surface area contributed by atoms with Crippen molar-refractivity contribution in [1.82, 2.24) is 9.97 Å². The number of aromatic nitrogens is 2. The molecule has 2 aromatic heterocycles. The van der Waals surface area contributed by atoms with E-state index < -0.39 is 0 Å². The lowest BCUT2D eigenvalue weighted by atomic mass is 10.4. The predicted octanol–water partition coefficient (Wildman–Crippen LogP) is 3.22. The van der Waals surface area contributed by atoms with E-state index in [-0.39, 0.29) is 5.56 Å². The zero-order valence-electron chi connectivity index (χ0n) is 7.67. The SMILES string of the molecule is Cc1nc(-c2cc(Cl)cs2)[nH]c(=O)c1Br. The van der Waals surface area contributed by atoms with E-state index in [4.69, 9.17) is 11.6 Å². The lowest BCUT2D eigenvalue weighted by molar-refractivity contribution is 1.06. The van der Waals surface area contributed by atoms with E-state index in [0.717, 1.165) is 4.88 Å². The largest absolute Gasteiger partial charge is 0.305 e. The van der Waals surface area contributed by atoms with E-state index in [9.17, 15) is 4.79 Å². The Morgan fingerprint density at radius 3 is 2.87 bits per heavy atom. The van der Waals surface area contributed by atoms with Crippen LogP contribution in [0.1, 0.15) is 5.69 Å². The van der Waals surface area contributed by atoms with Crippen LogP contribution >= 0.6 is 38.9 Å². The third-order valence-corrected chi connectivity index (χ3v) is 4.05. The van der Waals surface area contributed by atoms with Gasteiger partial charge in [0.1, 0.15) is 4.47 Å². The molecule has 0 aliphatic heterocycles. The summed E-state index contributed by atoms with van der Waals surface area (Å²) in [6, 6.07) is 1.78. The minimum absolute atomic E-state index is 0.179. The highest BCUT2D eigenvalue weighted by Crippen LogP contribution is 2.27. The fourth-order valence-corrected chi connectivity index (χ4v) is 2.33. The Bertz CT molecular complexity index is 563. The second-order valence-corrected chi connectivity index (χ2v) is 5.08. The lowest BCUT2D eigenvalue weighted by Gasteiger charge is -2.00. The molecule has 6 heteroatoms. The highest BCUT2D eigenvalue weighted by atomic mass is 79.9. The Morgan fingerprint density at radius 2 is 2.33 bits per heavy atom. The van der Waals surface area contributed by atoms with Crippen molar-refractivity contribution in [2.24, 2.45) is 0 Å². The number of aromatic amines is 1. The number of rotatable bonds is 1. The summed E-state index contributed by atoms with van der Waals surface area (Å²) in [5.41, 5.74) is 0.486. The number of aryl methyl sites for hydroxylation is 1. The summed E-state index contributed by atoms with van der Waals surface area (Å²) < 4.78 is 0.467. The topological polar surface area (TPSA) is 45.8 Å². The van der Waals surface area contributed by atoms with Gasteiger partial charge in [-0.05, 0) is 28.9 Å². The number of nitrogens with one attached hydrogen (secondary N) is 1. The van der Waals surface area contributed by atoms with Crippen molar-refractivity contribution in [3.8, 4) is 10.7 Å². The second-order valence-electron chi connectivity index (χ2n) is 2.94. The molecule has 3 nitrogen and oxygen atoms in total. The van der Waals surface area contributed by atoms with E-state index >= 15 is 0 Å². The van der Waals surface area contributed by atoms with Crippen LogP contribution in [0.3, 0.4) is 0 Å². The molecule has 2 heterocycles. The zero-order chi connectivity index (χ0) is 11.0. The van der Waals surface area contributed by atoms with E-state index in [1.165, 1.54) is 11.3 Å². The molecule has 0 fully saturated rings. The summed E-state index contributed by atoms with van der Waals surface area (Å²) in [6.07, 6.45) is 0. The lowest BCUT2D eigenvalue weighted by Crippen LogP contribution is -2.11. The Balaban J connectivity index is 2.60. The van der Waals surface area contributed by atoms with Crippen LogP contribution in [0.4, 0.5) is 0 Å². The van der Waals surface area contributed by atoms with Crippen molar-refractivity contribution in [2.45, 2.75) is 6.92 Å². The van der Waals surface area contributed by atoms with Crippen LogP contribution in [0.2, 0.25) is 5.02 Å². The quantitative estimate of drug-likeness (QED) is 0.879. The van der Waals surface area contributed by atoms with Crippen LogP contribution in [-0.4, -0.2) is 9.97 Å². The summed E-state index contributed by atoms with van der Waals surface area (Å²) in [5.74, 6) is 0.553. The molecule has 0 saturated carbocycles. The van der Waals surface area contributed by atoms with Gasteiger partial charge in [-0.15, -0.1) is 11.3 Å². The van der Waals surface area contributed by atoms with Gasteiger partial charge in [-0.2, -0.15) is 0 Å². The van der Waals surface area contributed by atoms with E-state index in [1.807, 2.05) is 0 Å². The average molecular weight is 306 g/mol. The maximum Gasteiger partial charge on any atom is 0.265 e. The number of hydrogen-bond acceptors (Lipinski definition) is 3. The summed E-state index contributed by atoms with van der Waals surface area (Å²) in [5, 5.41) is 2.45. The van der Waals surface area contributed by atoms with Crippen molar-refractivity contribution < 1.29 is 0 Å². The molecule has 0 bridgehead atoms. The second kappa shape index (κ2) is 4.08. The molecule has 0 aromatic carbocycles. The van der Waals surface area contributed by atoms with Gasteiger partial charge in [0.25, 0.3) is 5.56 Å². The van der Waals surface area contributed by atoms with Gasteiger partial charge in [-0.25, -0.2) is 4.98 Å². The first-order valence-electron chi connectivity index (χ1n) is 4.09. The normalized spacial score (nSPS) is 10.6. The number of thiophene rings is 1. The molecule has 0 radical (unpaired) electrons. The molecule has 0 spiro atoms. The van der Waals surface area contributed by atoms with Gasteiger partial charge in [0.15, 0.2) is 5.82 Å². The third-order valence-electron chi connectivity index (χ3n) is 1.83.